The lowest BCUT2D eigenvalue weighted by Crippen LogP contribution is -2.38. The minimum atomic E-state index is -3.46. The summed E-state index contributed by atoms with van der Waals surface area (Å²) in [7, 11) is -0.142. The first-order valence-electron chi connectivity index (χ1n) is 14.2. The van der Waals surface area contributed by atoms with Crippen LogP contribution in [0.4, 0.5) is 0 Å². The van der Waals surface area contributed by atoms with Crippen molar-refractivity contribution in [2.24, 2.45) is 0 Å². The van der Waals surface area contributed by atoms with E-state index in [1.165, 1.54) is 37.9 Å². The van der Waals surface area contributed by atoms with Gasteiger partial charge in [0, 0.05) is 39.3 Å². The van der Waals surface area contributed by atoms with Gasteiger partial charge in [-0.15, -0.1) is 24.8 Å². The van der Waals surface area contributed by atoms with E-state index < -0.39 is 10.0 Å². The highest BCUT2D eigenvalue weighted by molar-refractivity contribution is 7.89. The van der Waals surface area contributed by atoms with Crippen molar-refractivity contribution in [1.29, 1.82) is 0 Å². The lowest BCUT2D eigenvalue weighted by atomic mass is 10.1. The molecule has 0 amide bonds. The van der Waals surface area contributed by atoms with Gasteiger partial charge in [-0.25, -0.2) is 8.42 Å². The van der Waals surface area contributed by atoms with Crippen LogP contribution in [-0.4, -0.2) is 82.6 Å². The van der Waals surface area contributed by atoms with Crippen LogP contribution in [0.2, 0.25) is 0 Å². The number of hydrogen-bond donors (Lipinski definition) is 0. The Kier molecular flexibility index (Phi) is 17.1. The van der Waals surface area contributed by atoms with Crippen molar-refractivity contribution in [3.63, 3.8) is 0 Å². The molecule has 2 aromatic carbocycles. The summed E-state index contributed by atoms with van der Waals surface area (Å²) in [6, 6.07) is 13.6. The molecule has 0 radical (unpaired) electrons. The van der Waals surface area contributed by atoms with E-state index in [4.69, 9.17) is 9.47 Å². The van der Waals surface area contributed by atoms with Crippen LogP contribution in [0.3, 0.4) is 0 Å². The quantitative estimate of drug-likeness (QED) is 0.234. The fourth-order valence-electron chi connectivity index (χ4n) is 5.08. The van der Waals surface area contributed by atoms with E-state index in [-0.39, 0.29) is 24.8 Å². The Bertz CT molecular complexity index is 1070. The van der Waals surface area contributed by atoms with E-state index >= 15 is 0 Å². The molecule has 0 N–H and O–H groups in total. The molecule has 1 fully saturated rings. The normalized spacial score (nSPS) is 14.1. The molecule has 7 nitrogen and oxygen atoms in total. The van der Waals surface area contributed by atoms with E-state index in [0.29, 0.717) is 18.0 Å². The highest BCUT2D eigenvalue weighted by Crippen LogP contribution is 2.28. The molecule has 228 valence electrons. The smallest absolute Gasteiger partial charge is 0.243 e. The topological polar surface area (TPSA) is 62.3 Å². The lowest BCUT2D eigenvalue weighted by Gasteiger charge is -2.30. The van der Waals surface area contributed by atoms with Crippen molar-refractivity contribution in [3.05, 3.63) is 53.6 Å². The maximum atomic E-state index is 13.2. The van der Waals surface area contributed by atoms with Gasteiger partial charge < -0.3 is 14.4 Å². The Labute approximate surface area is 255 Å². The number of likely N-dealkylation sites (tertiary alicyclic amines) is 1. The number of ether oxygens (including phenoxy) is 2. The first kappa shape index (κ1) is 36.5. The van der Waals surface area contributed by atoms with Gasteiger partial charge in [0.1, 0.15) is 0 Å². The van der Waals surface area contributed by atoms with Crippen LogP contribution in [0.5, 0.6) is 11.5 Å². The predicted octanol–water partition coefficient (Wildman–Crippen LogP) is 5.89. The average molecular weight is 619 g/mol. The third-order valence-electron chi connectivity index (χ3n) is 7.26. The summed E-state index contributed by atoms with van der Waals surface area (Å²) in [6.45, 7) is 11.2. The third-order valence-corrected chi connectivity index (χ3v) is 9.17. The molecular weight excluding hydrogens is 569 g/mol. The second-order valence-electron chi connectivity index (χ2n) is 10.2. The summed E-state index contributed by atoms with van der Waals surface area (Å²) in [6.07, 6.45) is 6.43. The van der Waals surface area contributed by atoms with E-state index in [1.807, 2.05) is 32.0 Å². The van der Waals surface area contributed by atoms with Gasteiger partial charge >= 0.3 is 0 Å². The van der Waals surface area contributed by atoms with E-state index in [2.05, 4.69) is 21.9 Å². The summed E-state index contributed by atoms with van der Waals surface area (Å²) < 4.78 is 38.8. The Hall–Kier alpha value is -1.55. The van der Waals surface area contributed by atoms with E-state index in [0.717, 1.165) is 62.5 Å². The second-order valence-corrected chi connectivity index (χ2v) is 12.1. The molecule has 0 aliphatic carbocycles. The molecule has 0 bridgehead atoms. The van der Waals surface area contributed by atoms with Gasteiger partial charge in [-0.2, -0.15) is 4.31 Å². The van der Waals surface area contributed by atoms with E-state index in [9.17, 15) is 8.42 Å². The molecule has 1 heterocycles. The molecule has 1 aliphatic rings. The summed E-state index contributed by atoms with van der Waals surface area (Å²) in [5.74, 6) is 1.49. The van der Waals surface area contributed by atoms with Crippen LogP contribution in [0, 0.1) is 0 Å². The number of benzene rings is 2. The van der Waals surface area contributed by atoms with Crippen LogP contribution < -0.4 is 9.47 Å². The lowest BCUT2D eigenvalue weighted by molar-refractivity contribution is 0.178. The van der Waals surface area contributed by atoms with Crippen molar-refractivity contribution in [2.45, 2.75) is 63.8 Å². The SMILES string of the molecule is CCCN(CCC)S(=O)(=O)c1ccc(CN(CCc2ccc(OC)c(OC)c2)CCN2CCCCC2)cc1.Cl.Cl. The van der Waals surface area contributed by atoms with Crippen molar-refractivity contribution in [2.75, 3.05) is 60.0 Å². The van der Waals surface area contributed by atoms with Crippen LogP contribution in [0.1, 0.15) is 57.1 Å². The minimum absolute atomic E-state index is 0. The molecular formula is C30H49Cl2N3O4S. The van der Waals surface area contributed by atoms with Crippen molar-refractivity contribution in [1.82, 2.24) is 14.1 Å². The highest BCUT2D eigenvalue weighted by Gasteiger charge is 2.23. The van der Waals surface area contributed by atoms with Gasteiger partial charge in [-0.05, 0) is 80.6 Å². The maximum absolute atomic E-state index is 13.2. The summed E-state index contributed by atoms with van der Waals surface area (Å²) in [4.78, 5) is 5.43. The Morgan fingerprint density at radius 3 is 1.95 bits per heavy atom. The van der Waals surface area contributed by atoms with Gasteiger partial charge in [-0.1, -0.05) is 38.5 Å². The zero-order chi connectivity index (χ0) is 27.4. The Balaban J connectivity index is 0.00000400. The molecule has 1 saturated heterocycles. The number of piperidine rings is 1. The van der Waals surface area contributed by atoms with Crippen LogP contribution in [0.25, 0.3) is 0 Å². The predicted molar refractivity (Wildman–Crippen MR) is 169 cm³/mol. The molecule has 2 aromatic rings. The summed E-state index contributed by atoms with van der Waals surface area (Å²) in [5, 5.41) is 0. The molecule has 0 spiro atoms. The molecule has 0 aromatic heterocycles. The van der Waals surface area contributed by atoms with Gasteiger partial charge in [0.25, 0.3) is 0 Å². The largest absolute Gasteiger partial charge is 0.493 e. The highest BCUT2D eigenvalue weighted by atomic mass is 35.5. The molecule has 40 heavy (non-hydrogen) atoms. The first-order chi connectivity index (χ1) is 18.4. The maximum Gasteiger partial charge on any atom is 0.243 e. The number of halogens is 2. The van der Waals surface area contributed by atoms with Gasteiger partial charge in [-0.3, -0.25) is 4.90 Å². The zero-order valence-electron chi connectivity index (χ0n) is 24.6. The molecule has 0 unspecified atom stereocenters. The average Bonchev–Trinajstić information content (AvgIpc) is 2.95. The van der Waals surface area contributed by atoms with E-state index in [1.54, 1.807) is 30.7 Å². The van der Waals surface area contributed by atoms with Crippen molar-refractivity contribution in [3.8, 4) is 11.5 Å². The van der Waals surface area contributed by atoms with Crippen molar-refractivity contribution >= 4 is 34.8 Å². The van der Waals surface area contributed by atoms with Gasteiger partial charge in [0.2, 0.25) is 10.0 Å². The first-order valence-corrected chi connectivity index (χ1v) is 15.6. The van der Waals surface area contributed by atoms with Crippen LogP contribution in [0.15, 0.2) is 47.4 Å². The summed E-state index contributed by atoms with van der Waals surface area (Å²) in [5.41, 5.74) is 2.34. The molecule has 0 atom stereocenters. The standard InChI is InChI=1S/C30H47N3O4S.2ClH/c1-5-17-33(18-6-2)38(34,35)28-13-10-27(11-14-28)25-32(23-22-31-19-8-7-9-20-31)21-16-26-12-15-29(36-3)30(24-26)37-4;;/h10-15,24H,5-9,16-23,25H2,1-4H3;2*1H. The second kappa shape index (κ2) is 18.8. The van der Waals surface area contributed by atoms with Crippen LogP contribution >= 0.6 is 24.8 Å². The number of methoxy groups -OCH3 is 2. The zero-order valence-corrected chi connectivity index (χ0v) is 27.1. The number of hydrogen-bond acceptors (Lipinski definition) is 6. The van der Waals surface area contributed by atoms with Gasteiger partial charge in [0.05, 0.1) is 19.1 Å². The molecule has 10 heteroatoms. The minimum Gasteiger partial charge on any atom is -0.493 e. The monoisotopic (exact) mass is 617 g/mol. The molecule has 0 saturated carbocycles. The third kappa shape index (κ3) is 10.7. The van der Waals surface area contributed by atoms with Crippen LogP contribution in [-0.2, 0) is 23.0 Å². The molecule has 3 rings (SSSR count). The summed E-state index contributed by atoms with van der Waals surface area (Å²) >= 11 is 0. The number of nitrogens with zero attached hydrogens (tertiary/aromatic N) is 3. The fourth-order valence-corrected chi connectivity index (χ4v) is 6.71. The Morgan fingerprint density at radius 2 is 1.38 bits per heavy atom. The Morgan fingerprint density at radius 1 is 0.775 bits per heavy atom. The number of rotatable bonds is 16. The number of sulfonamides is 1. The fraction of sp³-hybridized carbons (Fsp3) is 0.600. The van der Waals surface area contributed by atoms with Crippen molar-refractivity contribution < 1.29 is 17.9 Å². The molecule has 1 aliphatic heterocycles. The van der Waals surface area contributed by atoms with Gasteiger partial charge in [0.15, 0.2) is 11.5 Å².